The van der Waals surface area contributed by atoms with E-state index in [1.54, 1.807) is 0 Å². The lowest BCUT2D eigenvalue weighted by Gasteiger charge is -2.20. The normalized spacial score (nSPS) is 24.8. The molecule has 1 fully saturated rings. The summed E-state index contributed by atoms with van der Waals surface area (Å²) < 4.78 is 1.03. The highest BCUT2D eigenvalue weighted by molar-refractivity contribution is 9.10. The molecule has 0 aromatic heterocycles. The third kappa shape index (κ3) is 2.93. The molecule has 4 heteroatoms. The quantitative estimate of drug-likeness (QED) is 0.901. The van der Waals surface area contributed by atoms with E-state index in [1.165, 1.54) is 0 Å². The first kappa shape index (κ1) is 13.6. The van der Waals surface area contributed by atoms with Crippen LogP contribution in [0.5, 0.6) is 0 Å². The fraction of sp³-hybridized carbons (Fsp3) is 0.500. The summed E-state index contributed by atoms with van der Waals surface area (Å²) in [6, 6.07) is 7.95. The van der Waals surface area contributed by atoms with Crippen LogP contribution in [-0.4, -0.2) is 18.5 Å². The van der Waals surface area contributed by atoms with Crippen molar-refractivity contribution in [2.24, 2.45) is 5.92 Å². The topological polar surface area (TPSA) is 41.1 Å². The van der Waals surface area contributed by atoms with Crippen molar-refractivity contribution in [1.29, 1.82) is 0 Å². The Morgan fingerprint density at radius 3 is 2.83 bits per heavy atom. The van der Waals surface area contributed by atoms with Gasteiger partial charge in [-0.25, -0.2) is 0 Å². The van der Waals surface area contributed by atoms with Crippen molar-refractivity contribution in [3.05, 3.63) is 34.3 Å². The highest BCUT2D eigenvalue weighted by Gasteiger charge is 2.30. The Labute approximate surface area is 116 Å². The Balaban J connectivity index is 2.01. The van der Waals surface area contributed by atoms with E-state index in [0.717, 1.165) is 23.0 Å². The van der Waals surface area contributed by atoms with Gasteiger partial charge in [0.2, 0.25) is 5.91 Å². The summed E-state index contributed by atoms with van der Waals surface area (Å²) in [5.41, 5.74) is 1.11. The predicted octanol–water partition coefficient (Wildman–Crippen LogP) is 2.62. The molecule has 3 atom stereocenters. The van der Waals surface area contributed by atoms with Crippen LogP contribution in [0.25, 0.3) is 0 Å². The van der Waals surface area contributed by atoms with Gasteiger partial charge in [-0.1, -0.05) is 41.1 Å². The molecule has 18 heavy (non-hydrogen) atoms. The standard InChI is InChI=1S/C14H19BrN2O/c1-9-7-8-16-13(9)14(18)17-10(2)11-5-3-4-6-12(11)15/h3-6,9-10,13,16H,7-8H2,1-2H3,(H,17,18)/t9?,10-,13?/m1/s1. The maximum Gasteiger partial charge on any atom is 0.237 e. The van der Waals surface area contributed by atoms with Crippen LogP contribution in [0, 0.1) is 5.92 Å². The molecule has 0 bridgehead atoms. The number of hydrogen-bond donors (Lipinski definition) is 2. The number of rotatable bonds is 3. The Kier molecular flexibility index (Phi) is 4.40. The van der Waals surface area contributed by atoms with Crippen LogP contribution < -0.4 is 10.6 Å². The van der Waals surface area contributed by atoms with Crippen molar-refractivity contribution in [3.8, 4) is 0 Å². The van der Waals surface area contributed by atoms with E-state index in [9.17, 15) is 4.79 Å². The predicted molar refractivity (Wildman–Crippen MR) is 76.3 cm³/mol. The van der Waals surface area contributed by atoms with Crippen molar-refractivity contribution < 1.29 is 4.79 Å². The molecule has 0 aliphatic carbocycles. The Morgan fingerprint density at radius 1 is 1.50 bits per heavy atom. The van der Waals surface area contributed by atoms with Crippen LogP contribution in [0.4, 0.5) is 0 Å². The zero-order valence-corrected chi connectivity index (χ0v) is 12.3. The molecule has 0 radical (unpaired) electrons. The van der Waals surface area contributed by atoms with Crippen LogP contribution in [0.1, 0.15) is 31.9 Å². The van der Waals surface area contributed by atoms with Crippen LogP contribution in [0.3, 0.4) is 0 Å². The Morgan fingerprint density at radius 2 is 2.22 bits per heavy atom. The number of carbonyl (C=O) groups excluding carboxylic acids is 1. The Bertz CT molecular complexity index is 436. The summed E-state index contributed by atoms with van der Waals surface area (Å²) >= 11 is 3.52. The monoisotopic (exact) mass is 310 g/mol. The molecule has 2 unspecified atom stereocenters. The second kappa shape index (κ2) is 5.85. The SMILES string of the molecule is CC1CCNC1C(=O)N[C@H](C)c1ccccc1Br. The van der Waals surface area contributed by atoms with Gasteiger partial charge in [-0.15, -0.1) is 0 Å². The van der Waals surface area contributed by atoms with Crippen molar-refractivity contribution >= 4 is 21.8 Å². The average molecular weight is 311 g/mol. The van der Waals surface area contributed by atoms with Gasteiger partial charge in [-0.3, -0.25) is 4.79 Å². The number of halogens is 1. The molecule has 3 nitrogen and oxygen atoms in total. The van der Waals surface area contributed by atoms with Crippen molar-refractivity contribution in [2.45, 2.75) is 32.4 Å². The van der Waals surface area contributed by atoms with Gasteiger partial charge in [0, 0.05) is 4.47 Å². The summed E-state index contributed by atoms with van der Waals surface area (Å²) in [7, 11) is 0. The second-order valence-electron chi connectivity index (χ2n) is 4.95. The number of amides is 1. The third-order valence-electron chi connectivity index (χ3n) is 3.55. The fourth-order valence-corrected chi connectivity index (χ4v) is 3.02. The zero-order valence-electron chi connectivity index (χ0n) is 10.7. The molecular formula is C14H19BrN2O. The highest BCUT2D eigenvalue weighted by atomic mass is 79.9. The molecule has 2 N–H and O–H groups in total. The highest BCUT2D eigenvalue weighted by Crippen LogP contribution is 2.23. The molecule has 0 saturated carbocycles. The van der Waals surface area contributed by atoms with Gasteiger partial charge in [-0.2, -0.15) is 0 Å². The number of carbonyl (C=O) groups is 1. The fourth-order valence-electron chi connectivity index (χ4n) is 2.39. The summed E-state index contributed by atoms with van der Waals surface area (Å²) in [4.78, 5) is 12.2. The van der Waals surface area contributed by atoms with Crippen LogP contribution in [-0.2, 0) is 4.79 Å². The number of hydrogen-bond acceptors (Lipinski definition) is 2. The van der Waals surface area contributed by atoms with Crippen LogP contribution in [0.2, 0.25) is 0 Å². The Hall–Kier alpha value is -0.870. The second-order valence-corrected chi connectivity index (χ2v) is 5.80. The lowest BCUT2D eigenvalue weighted by Crippen LogP contribution is -2.44. The molecule has 0 spiro atoms. The van der Waals surface area contributed by atoms with Gasteiger partial charge in [0.1, 0.15) is 0 Å². The van der Waals surface area contributed by atoms with Gasteiger partial charge >= 0.3 is 0 Å². The summed E-state index contributed by atoms with van der Waals surface area (Å²) in [6.07, 6.45) is 1.07. The van der Waals surface area contributed by atoms with E-state index in [1.807, 2.05) is 31.2 Å². The molecular weight excluding hydrogens is 292 g/mol. The summed E-state index contributed by atoms with van der Waals surface area (Å²) in [6.45, 7) is 5.06. The van der Waals surface area contributed by atoms with E-state index in [-0.39, 0.29) is 18.0 Å². The molecule has 1 amide bonds. The van der Waals surface area contributed by atoms with E-state index in [0.29, 0.717) is 5.92 Å². The van der Waals surface area contributed by atoms with Gasteiger partial charge < -0.3 is 10.6 Å². The summed E-state index contributed by atoms with van der Waals surface area (Å²) in [5.74, 6) is 0.514. The zero-order chi connectivity index (χ0) is 13.1. The van der Waals surface area contributed by atoms with E-state index in [2.05, 4.69) is 33.5 Å². The molecule has 1 heterocycles. The average Bonchev–Trinajstić information content (AvgIpc) is 2.76. The maximum absolute atomic E-state index is 12.2. The number of nitrogens with one attached hydrogen (secondary N) is 2. The largest absolute Gasteiger partial charge is 0.348 e. The van der Waals surface area contributed by atoms with Crippen LogP contribution >= 0.6 is 15.9 Å². The van der Waals surface area contributed by atoms with Gasteiger partial charge in [-0.05, 0) is 37.4 Å². The first-order chi connectivity index (χ1) is 8.59. The van der Waals surface area contributed by atoms with Gasteiger partial charge in [0.15, 0.2) is 0 Å². The van der Waals surface area contributed by atoms with Gasteiger partial charge in [0.05, 0.1) is 12.1 Å². The first-order valence-corrected chi connectivity index (χ1v) is 7.17. The van der Waals surface area contributed by atoms with Crippen molar-refractivity contribution in [3.63, 3.8) is 0 Å². The minimum absolute atomic E-state index is 0.0164. The number of benzene rings is 1. The molecule has 1 saturated heterocycles. The van der Waals surface area contributed by atoms with E-state index < -0.39 is 0 Å². The minimum Gasteiger partial charge on any atom is -0.348 e. The molecule has 2 rings (SSSR count). The molecule has 1 aliphatic heterocycles. The maximum atomic E-state index is 12.2. The third-order valence-corrected chi connectivity index (χ3v) is 4.27. The lowest BCUT2D eigenvalue weighted by molar-refractivity contribution is -0.124. The first-order valence-electron chi connectivity index (χ1n) is 6.37. The molecule has 98 valence electrons. The molecule has 1 aromatic carbocycles. The van der Waals surface area contributed by atoms with E-state index >= 15 is 0 Å². The lowest BCUT2D eigenvalue weighted by atomic mass is 10.0. The van der Waals surface area contributed by atoms with Gasteiger partial charge in [0.25, 0.3) is 0 Å². The van der Waals surface area contributed by atoms with Crippen LogP contribution in [0.15, 0.2) is 28.7 Å². The molecule has 1 aliphatic rings. The van der Waals surface area contributed by atoms with Crippen molar-refractivity contribution in [1.82, 2.24) is 10.6 Å². The van der Waals surface area contributed by atoms with Crippen molar-refractivity contribution in [2.75, 3.05) is 6.54 Å². The minimum atomic E-state index is -0.0464. The smallest absolute Gasteiger partial charge is 0.237 e. The molecule has 1 aromatic rings. The summed E-state index contributed by atoms with van der Waals surface area (Å²) in [5, 5.41) is 6.33. The van der Waals surface area contributed by atoms with E-state index in [4.69, 9.17) is 0 Å².